The maximum atomic E-state index is 4.42. The predicted octanol–water partition coefficient (Wildman–Crippen LogP) is 2.92. The molecule has 6 heteroatoms. The lowest BCUT2D eigenvalue weighted by atomic mass is 10.2. The Balaban J connectivity index is 0.00000208. The highest BCUT2D eigenvalue weighted by Crippen LogP contribution is 2.09. The Bertz CT molecular complexity index is 670. The second kappa shape index (κ2) is 9.46. The number of rotatable bonds is 5. The fraction of sp³-hybridized carbons (Fsp3) is 0.333. The van der Waals surface area contributed by atoms with Crippen molar-refractivity contribution in [2.24, 2.45) is 4.99 Å². The van der Waals surface area contributed by atoms with Crippen LogP contribution >= 0.6 is 24.0 Å². The van der Waals surface area contributed by atoms with Crippen LogP contribution in [0.4, 0.5) is 0 Å². The van der Waals surface area contributed by atoms with Gasteiger partial charge in [0.05, 0.1) is 11.9 Å². The van der Waals surface area contributed by atoms with Gasteiger partial charge in [-0.15, -0.1) is 24.0 Å². The molecule has 0 saturated carbocycles. The molecule has 0 unspecified atom stereocenters. The summed E-state index contributed by atoms with van der Waals surface area (Å²) >= 11 is 0. The van der Waals surface area contributed by atoms with Crippen molar-refractivity contribution >= 4 is 29.9 Å². The van der Waals surface area contributed by atoms with Crippen LogP contribution in [0, 0.1) is 0 Å². The molecule has 5 nitrogen and oxygen atoms in total. The van der Waals surface area contributed by atoms with E-state index in [1.165, 1.54) is 5.56 Å². The molecule has 2 aromatic rings. The van der Waals surface area contributed by atoms with Crippen molar-refractivity contribution in [3.05, 3.63) is 60.4 Å². The first-order valence-electron chi connectivity index (χ1n) is 8.06. The number of para-hydroxylation sites is 1. The van der Waals surface area contributed by atoms with Gasteiger partial charge in [0, 0.05) is 25.8 Å². The standard InChI is InChI=1S/C18H23N5.HI/c1-19-18(22-16-7-5-6-8-16)20-12-11-15-13-21-23(14-15)17-9-3-2-4-10-17;/h2-6,9-10,13-14,16H,7-8,11-12H2,1H3,(H2,19,20,22);1H. The Morgan fingerprint density at radius 3 is 2.71 bits per heavy atom. The third-order valence-corrected chi connectivity index (χ3v) is 3.94. The molecule has 0 amide bonds. The average molecular weight is 437 g/mol. The van der Waals surface area contributed by atoms with E-state index in [2.05, 4.69) is 51.2 Å². The van der Waals surface area contributed by atoms with Crippen LogP contribution in [0.3, 0.4) is 0 Å². The van der Waals surface area contributed by atoms with Gasteiger partial charge < -0.3 is 10.6 Å². The first-order chi connectivity index (χ1) is 11.3. The van der Waals surface area contributed by atoms with E-state index < -0.39 is 0 Å². The molecule has 0 atom stereocenters. The van der Waals surface area contributed by atoms with Gasteiger partial charge in [0.1, 0.15) is 0 Å². The van der Waals surface area contributed by atoms with Gasteiger partial charge >= 0.3 is 0 Å². The van der Waals surface area contributed by atoms with Crippen LogP contribution in [-0.4, -0.2) is 35.4 Å². The molecule has 3 rings (SSSR count). The lowest BCUT2D eigenvalue weighted by Gasteiger charge is -2.16. The van der Waals surface area contributed by atoms with Crippen molar-refractivity contribution in [3.63, 3.8) is 0 Å². The van der Waals surface area contributed by atoms with E-state index in [4.69, 9.17) is 0 Å². The highest BCUT2D eigenvalue weighted by molar-refractivity contribution is 14.0. The number of aromatic nitrogens is 2. The van der Waals surface area contributed by atoms with Crippen molar-refractivity contribution in [2.45, 2.75) is 25.3 Å². The van der Waals surface area contributed by atoms with Gasteiger partial charge in [-0.1, -0.05) is 30.4 Å². The molecule has 128 valence electrons. The van der Waals surface area contributed by atoms with Gasteiger partial charge in [0.25, 0.3) is 0 Å². The number of nitrogens with zero attached hydrogens (tertiary/aromatic N) is 3. The van der Waals surface area contributed by atoms with Gasteiger partial charge in [-0.2, -0.15) is 5.10 Å². The molecule has 1 aromatic heterocycles. The average Bonchev–Trinajstić information content (AvgIpc) is 3.26. The summed E-state index contributed by atoms with van der Waals surface area (Å²) < 4.78 is 1.91. The lowest BCUT2D eigenvalue weighted by molar-refractivity contribution is 0.633. The number of hydrogen-bond acceptors (Lipinski definition) is 2. The molecule has 0 radical (unpaired) electrons. The fourth-order valence-electron chi connectivity index (χ4n) is 2.66. The molecule has 2 N–H and O–H groups in total. The normalized spacial score (nSPS) is 14.5. The zero-order valence-corrected chi connectivity index (χ0v) is 16.2. The molecular weight excluding hydrogens is 413 g/mol. The number of aliphatic imine (C=N–C) groups is 1. The third kappa shape index (κ3) is 5.09. The highest BCUT2D eigenvalue weighted by Gasteiger charge is 2.11. The van der Waals surface area contributed by atoms with Crippen molar-refractivity contribution in [3.8, 4) is 5.69 Å². The molecule has 24 heavy (non-hydrogen) atoms. The van der Waals surface area contributed by atoms with E-state index in [1.807, 2.05) is 36.1 Å². The number of benzene rings is 1. The van der Waals surface area contributed by atoms with E-state index in [0.29, 0.717) is 6.04 Å². The van der Waals surface area contributed by atoms with E-state index in [1.54, 1.807) is 0 Å². The van der Waals surface area contributed by atoms with Crippen LogP contribution < -0.4 is 10.6 Å². The Labute approximate surface area is 160 Å². The Kier molecular flexibility index (Phi) is 7.30. The Hall–Kier alpha value is -1.83. The van der Waals surface area contributed by atoms with Crippen LogP contribution in [0.5, 0.6) is 0 Å². The largest absolute Gasteiger partial charge is 0.356 e. The fourth-order valence-corrected chi connectivity index (χ4v) is 2.66. The second-order valence-electron chi connectivity index (χ2n) is 5.66. The minimum atomic E-state index is 0. The van der Waals surface area contributed by atoms with Crippen LogP contribution in [-0.2, 0) is 6.42 Å². The zero-order valence-electron chi connectivity index (χ0n) is 13.9. The number of halogens is 1. The molecule has 0 aliphatic heterocycles. The van der Waals surface area contributed by atoms with Crippen molar-refractivity contribution in [2.75, 3.05) is 13.6 Å². The molecule has 0 bridgehead atoms. The SMILES string of the molecule is CN=C(NCCc1cnn(-c2ccccc2)c1)NC1CC=CC1.I. The summed E-state index contributed by atoms with van der Waals surface area (Å²) in [4.78, 5) is 4.28. The Morgan fingerprint density at radius 2 is 2.00 bits per heavy atom. The summed E-state index contributed by atoms with van der Waals surface area (Å²) in [5.41, 5.74) is 2.29. The van der Waals surface area contributed by atoms with E-state index in [0.717, 1.165) is 37.5 Å². The molecule has 1 aliphatic rings. The van der Waals surface area contributed by atoms with Crippen LogP contribution in [0.25, 0.3) is 5.69 Å². The smallest absolute Gasteiger partial charge is 0.191 e. The molecule has 1 heterocycles. The van der Waals surface area contributed by atoms with E-state index in [-0.39, 0.29) is 24.0 Å². The number of guanidine groups is 1. The van der Waals surface area contributed by atoms with Crippen LogP contribution in [0.2, 0.25) is 0 Å². The Morgan fingerprint density at radius 1 is 1.25 bits per heavy atom. The summed E-state index contributed by atoms with van der Waals surface area (Å²) in [6.07, 6.45) is 11.5. The summed E-state index contributed by atoms with van der Waals surface area (Å²) in [7, 11) is 1.81. The summed E-state index contributed by atoms with van der Waals surface area (Å²) in [5, 5.41) is 11.2. The maximum Gasteiger partial charge on any atom is 0.191 e. The van der Waals surface area contributed by atoms with Gasteiger partial charge in [-0.25, -0.2) is 4.68 Å². The summed E-state index contributed by atoms with van der Waals surface area (Å²) in [6, 6.07) is 10.6. The van der Waals surface area contributed by atoms with Crippen molar-refractivity contribution in [1.82, 2.24) is 20.4 Å². The highest BCUT2D eigenvalue weighted by atomic mass is 127. The number of hydrogen-bond donors (Lipinski definition) is 2. The topological polar surface area (TPSA) is 54.2 Å². The van der Waals surface area contributed by atoms with E-state index in [9.17, 15) is 0 Å². The molecular formula is C18H24IN5. The quantitative estimate of drug-likeness (QED) is 0.328. The molecule has 0 spiro atoms. The second-order valence-corrected chi connectivity index (χ2v) is 5.66. The van der Waals surface area contributed by atoms with Crippen LogP contribution in [0.1, 0.15) is 18.4 Å². The van der Waals surface area contributed by atoms with Gasteiger partial charge in [-0.3, -0.25) is 4.99 Å². The third-order valence-electron chi connectivity index (χ3n) is 3.94. The zero-order chi connectivity index (χ0) is 15.9. The maximum absolute atomic E-state index is 4.42. The molecule has 0 fully saturated rings. The monoisotopic (exact) mass is 437 g/mol. The first kappa shape index (κ1) is 18.5. The number of nitrogens with one attached hydrogen (secondary N) is 2. The lowest BCUT2D eigenvalue weighted by Crippen LogP contribution is -2.43. The van der Waals surface area contributed by atoms with Gasteiger partial charge in [0.2, 0.25) is 0 Å². The van der Waals surface area contributed by atoms with Gasteiger partial charge in [0.15, 0.2) is 5.96 Å². The summed E-state index contributed by atoms with van der Waals surface area (Å²) in [6.45, 7) is 0.834. The van der Waals surface area contributed by atoms with Crippen molar-refractivity contribution in [1.29, 1.82) is 0 Å². The molecule has 1 aromatic carbocycles. The summed E-state index contributed by atoms with van der Waals surface area (Å²) in [5.74, 6) is 0.870. The van der Waals surface area contributed by atoms with Gasteiger partial charge in [-0.05, 0) is 37.0 Å². The van der Waals surface area contributed by atoms with Crippen molar-refractivity contribution < 1.29 is 0 Å². The first-order valence-corrected chi connectivity index (χ1v) is 8.06. The predicted molar refractivity (Wildman–Crippen MR) is 109 cm³/mol. The molecule has 0 saturated heterocycles. The molecule has 1 aliphatic carbocycles. The minimum Gasteiger partial charge on any atom is -0.356 e. The van der Waals surface area contributed by atoms with Crippen LogP contribution in [0.15, 0.2) is 59.9 Å². The minimum absolute atomic E-state index is 0. The van der Waals surface area contributed by atoms with E-state index >= 15 is 0 Å².